The van der Waals surface area contributed by atoms with E-state index in [1.807, 2.05) is 11.3 Å². The number of aromatic nitrogens is 1. The van der Waals surface area contributed by atoms with Crippen LogP contribution < -0.4 is 4.90 Å². The fraction of sp³-hybridized carbons (Fsp3) is 0.0833. The van der Waals surface area contributed by atoms with Gasteiger partial charge >= 0.3 is 0 Å². The molecule has 75 heavy (non-hydrogen) atoms. The first-order valence-electron chi connectivity index (χ1n) is 26.2. The van der Waals surface area contributed by atoms with Crippen LogP contribution in [0.5, 0.6) is 0 Å². The molecule has 0 fully saturated rings. The molecule has 2 nitrogen and oxygen atoms in total. The van der Waals surface area contributed by atoms with Crippen molar-refractivity contribution < 1.29 is 0 Å². The average Bonchev–Trinajstić information content (AvgIpc) is 4.19. The van der Waals surface area contributed by atoms with Crippen LogP contribution in [0.25, 0.3) is 103 Å². The predicted molar refractivity (Wildman–Crippen MR) is 320 cm³/mol. The van der Waals surface area contributed by atoms with E-state index in [9.17, 15) is 0 Å². The van der Waals surface area contributed by atoms with E-state index in [4.69, 9.17) is 0 Å². The molecular weight excluding hydrogens is 925 g/mol. The van der Waals surface area contributed by atoms with Gasteiger partial charge in [-0.05, 0) is 139 Å². The van der Waals surface area contributed by atoms with Gasteiger partial charge in [0.2, 0.25) is 0 Å². The van der Waals surface area contributed by atoms with Crippen LogP contribution in [0.2, 0.25) is 0 Å². The van der Waals surface area contributed by atoms with Gasteiger partial charge in [-0.15, -0.1) is 11.3 Å². The first-order chi connectivity index (χ1) is 36.7. The number of benzene rings is 11. The fourth-order valence-electron chi connectivity index (χ4n) is 13.3. The molecule has 2 aliphatic carbocycles. The summed E-state index contributed by atoms with van der Waals surface area (Å²) in [5.41, 5.74) is 24.7. The summed E-state index contributed by atoms with van der Waals surface area (Å²) in [4.78, 5) is 2.54. The van der Waals surface area contributed by atoms with Crippen molar-refractivity contribution in [3.05, 3.63) is 265 Å². The summed E-state index contributed by atoms with van der Waals surface area (Å²) in [6.45, 7) is 9.60. The number of thiophene rings is 1. The van der Waals surface area contributed by atoms with Crippen molar-refractivity contribution in [2.75, 3.05) is 4.90 Å². The SMILES string of the molecule is CC1(C)c2ccc(-c3ccccc3N(c3ccc(-c4cccc5c4sc4ccccc45)cc3)c3cccc4c3C(C)(C)c3ccccc3-4)cc2-c2ccc(-c3cccc4c3c3ccccc3n4-c3ccccc3)cc21. The third-order valence-corrected chi connectivity index (χ3v) is 18.0. The van der Waals surface area contributed by atoms with E-state index in [0.29, 0.717) is 0 Å². The molecule has 15 rings (SSSR count). The van der Waals surface area contributed by atoms with Crippen LogP contribution in [0.1, 0.15) is 49.9 Å². The Morgan fingerprint density at radius 3 is 1.81 bits per heavy atom. The minimum atomic E-state index is -0.224. The first-order valence-corrected chi connectivity index (χ1v) is 27.1. The Morgan fingerprint density at radius 1 is 0.360 bits per heavy atom. The van der Waals surface area contributed by atoms with E-state index in [0.717, 1.165) is 11.4 Å². The average molecular weight is 977 g/mol. The number of hydrogen-bond donors (Lipinski definition) is 0. The summed E-state index contributed by atoms with van der Waals surface area (Å²) in [6, 6.07) is 90.7. The van der Waals surface area contributed by atoms with Gasteiger partial charge in [0.15, 0.2) is 0 Å². The van der Waals surface area contributed by atoms with Gasteiger partial charge in [0.25, 0.3) is 0 Å². The number of rotatable bonds is 7. The zero-order chi connectivity index (χ0) is 50.2. The molecule has 0 radical (unpaired) electrons. The molecule has 0 atom stereocenters. The maximum Gasteiger partial charge on any atom is 0.0547 e. The van der Waals surface area contributed by atoms with Gasteiger partial charge in [-0.25, -0.2) is 0 Å². The van der Waals surface area contributed by atoms with Crippen LogP contribution in [0.3, 0.4) is 0 Å². The second-order valence-corrected chi connectivity index (χ2v) is 22.6. The zero-order valence-electron chi connectivity index (χ0n) is 42.4. The van der Waals surface area contributed by atoms with Crippen LogP contribution >= 0.6 is 11.3 Å². The minimum absolute atomic E-state index is 0.205. The van der Waals surface area contributed by atoms with Crippen molar-refractivity contribution >= 4 is 70.4 Å². The second-order valence-electron chi connectivity index (χ2n) is 21.6. The molecule has 13 aromatic rings. The highest BCUT2D eigenvalue weighted by molar-refractivity contribution is 7.26. The Bertz CT molecular complexity index is 4470. The lowest BCUT2D eigenvalue weighted by molar-refractivity contribution is 0.660. The standard InChI is InChI=1S/C72H52N2S/c1-71(2)61-42-38-46(43-59(61)54-41-37-47(44-62(54)71)51-25-17-32-65-68(51)58-24-10-14-31-64(58)73(65)48-19-6-5-7-20-48)50-21-9-13-30-63(50)74(66-33-18-27-56-53-22-8-12-29-60(53)72(3,4)69(56)66)49-39-35-45(36-40-49)52-26-16-28-57-55-23-11-15-34-67(55)75-70(52)57/h5-44H,1-4H3. The summed E-state index contributed by atoms with van der Waals surface area (Å²) >= 11 is 1.89. The summed E-state index contributed by atoms with van der Waals surface area (Å²) in [5, 5.41) is 5.19. The van der Waals surface area contributed by atoms with Crippen molar-refractivity contribution in [1.82, 2.24) is 4.57 Å². The fourth-order valence-corrected chi connectivity index (χ4v) is 14.5. The number of hydrogen-bond acceptors (Lipinski definition) is 2. The summed E-state index contributed by atoms with van der Waals surface area (Å²) in [5.74, 6) is 0. The molecule has 0 N–H and O–H groups in total. The Hall–Kier alpha value is -8.76. The molecule has 0 aliphatic heterocycles. The van der Waals surface area contributed by atoms with Gasteiger partial charge in [-0.1, -0.05) is 204 Å². The van der Waals surface area contributed by atoms with E-state index in [-0.39, 0.29) is 10.8 Å². The lowest BCUT2D eigenvalue weighted by Gasteiger charge is -2.33. The van der Waals surface area contributed by atoms with Gasteiger partial charge < -0.3 is 9.47 Å². The molecule has 0 saturated carbocycles. The summed E-state index contributed by atoms with van der Waals surface area (Å²) in [6.07, 6.45) is 0. The van der Waals surface area contributed by atoms with Crippen LogP contribution in [0.15, 0.2) is 243 Å². The van der Waals surface area contributed by atoms with E-state index in [1.54, 1.807) is 0 Å². The molecule has 11 aromatic carbocycles. The normalized spacial score (nSPS) is 13.8. The van der Waals surface area contributed by atoms with Crippen LogP contribution in [-0.4, -0.2) is 4.57 Å². The largest absolute Gasteiger partial charge is 0.310 e. The predicted octanol–water partition coefficient (Wildman–Crippen LogP) is 20.2. The van der Waals surface area contributed by atoms with Crippen LogP contribution in [0.4, 0.5) is 17.1 Å². The number of anilines is 3. The monoisotopic (exact) mass is 976 g/mol. The Morgan fingerprint density at radius 2 is 0.947 bits per heavy atom. The first kappa shape index (κ1) is 43.8. The molecule has 0 amide bonds. The number of nitrogens with zero attached hydrogens (tertiary/aromatic N) is 2. The molecule has 2 aromatic heterocycles. The Kier molecular flexibility index (Phi) is 9.56. The van der Waals surface area contributed by atoms with E-state index in [1.165, 1.54) is 131 Å². The summed E-state index contributed by atoms with van der Waals surface area (Å²) < 4.78 is 5.06. The molecular formula is C72H52N2S. The van der Waals surface area contributed by atoms with Crippen molar-refractivity contribution in [2.24, 2.45) is 0 Å². The zero-order valence-corrected chi connectivity index (χ0v) is 43.2. The van der Waals surface area contributed by atoms with Crippen LogP contribution in [0, 0.1) is 0 Å². The van der Waals surface area contributed by atoms with Gasteiger partial charge in [0, 0.05) is 58.7 Å². The van der Waals surface area contributed by atoms with Crippen LogP contribution in [-0.2, 0) is 10.8 Å². The van der Waals surface area contributed by atoms with Gasteiger partial charge in [0.05, 0.1) is 22.4 Å². The highest BCUT2D eigenvalue weighted by Gasteiger charge is 2.40. The summed E-state index contributed by atoms with van der Waals surface area (Å²) in [7, 11) is 0. The third kappa shape index (κ3) is 6.44. The second kappa shape index (κ2) is 16.4. The Balaban J connectivity index is 0.873. The minimum Gasteiger partial charge on any atom is -0.310 e. The molecule has 356 valence electrons. The van der Waals surface area contributed by atoms with Crippen molar-refractivity contribution in [2.45, 2.75) is 38.5 Å². The number of para-hydroxylation sites is 3. The maximum atomic E-state index is 2.54. The molecule has 0 bridgehead atoms. The van der Waals surface area contributed by atoms with Crippen molar-refractivity contribution in [3.63, 3.8) is 0 Å². The molecule has 0 spiro atoms. The van der Waals surface area contributed by atoms with Crippen molar-refractivity contribution in [3.8, 4) is 61.3 Å². The van der Waals surface area contributed by atoms with E-state index >= 15 is 0 Å². The molecule has 0 saturated heterocycles. The number of fused-ring (bicyclic) bond motifs is 12. The lowest BCUT2D eigenvalue weighted by Crippen LogP contribution is -2.21. The lowest BCUT2D eigenvalue weighted by atomic mass is 9.81. The molecule has 2 aliphatic rings. The van der Waals surface area contributed by atoms with Gasteiger partial charge in [0.1, 0.15) is 0 Å². The molecule has 3 heteroatoms. The quantitative estimate of drug-likeness (QED) is 0.154. The highest BCUT2D eigenvalue weighted by Crippen LogP contribution is 2.56. The van der Waals surface area contributed by atoms with Gasteiger partial charge in [-0.2, -0.15) is 0 Å². The third-order valence-electron chi connectivity index (χ3n) is 16.8. The topological polar surface area (TPSA) is 8.17 Å². The maximum absolute atomic E-state index is 2.54. The Labute approximate surface area is 442 Å². The smallest absolute Gasteiger partial charge is 0.0547 e. The molecule has 2 heterocycles. The van der Waals surface area contributed by atoms with E-state index < -0.39 is 0 Å². The molecule has 0 unspecified atom stereocenters. The van der Waals surface area contributed by atoms with Gasteiger partial charge in [-0.3, -0.25) is 0 Å². The highest BCUT2D eigenvalue weighted by atomic mass is 32.1. The van der Waals surface area contributed by atoms with Crippen molar-refractivity contribution in [1.29, 1.82) is 0 Å². The van der Waals surface area contributed by atoms with E-state index in [2.05, 4.69) is 280 Å².